The van der Waals surface area contributed by atoms with Gasteiger partial charge >= 0.3 is 0 Å². The van der Waals surface area contributed by atoms with E-state index in [2.05, 4.69) is 25.7 Å². The van der Waals surface area contributed by atoms with Crippen LogP contribution in [-0.4, -0.2) is 8.07 Å². The van der Waals surface area contributed by atoms with Crippen molar-refractivity contribution >= 4 is 8.07 Å². The molecule has 2 aliphatic rings. The van der Waals surface area contributed by atoms with Crippen LogP contribution < -0.4 is 0 Å². The molecule has 0 heterocycles. The van der Waals surface area contributed by atoms with Gasteiger partial charge in [-0.2, -0.15) is 0 Å². The predicted octanol–water partition coefficient (Wildman–Crippen LogP) is 3.22. The van der Waals surface area contributed by atoms with Crippen LogP contribution in [-0.2, 0) is 0 Å². The van der Waals surface area contributed by atoms with Crippen molar-refractivity contribution in [1.29, 1.82) is 0 Å². The van der Waals surface area contributed by atoms with E-state index in [0.29, 0.717) is 0 Å². The molecule has 62 valence electrons. The largest absolute Gasteiger partial charge is 0.0858 e. The first-order chi connectivity index (χ1) is 5.07. The van der Waals surface area contributed by atoms with Gasteiger partial charge in [-0.1, -0.05) is 30.9 Å². The maximum absolute atomic E-state index is 2.61. The topological polar surface area (TPSA) is 0 Å². The third kappa shape index (κ3) is 1.20. The zero-order valence-electron chi connectivity index (χ0n) is 7.85. The summed E-state index contributed by atoms with van der Waals surface area (Å²) in [5.74, 6) is 2.01. The fourth-order valence-corrected chi connectivity index (χ4v) is 4.93. The Morgan fingerprint density at radius 2 is 2.00 bits per heavy atom. The van der Waals surface area contributed by atoms with E-state index in [4.69, 9.17) is 0 Å². The first kappa shape index (κ1) is 7.60. The molecule has 0 aliphatic heterocycles. The lowest BCUT2D eigenvalue weighted by atomic mass is 10.1. The molecule has 0 amide bonds. The van der Waals surface area contributed by atoms with Crippen molar-refractivity contribution in [2.24, 2.45) is 11.8 Å². The Morgan fingerprint density at radius 3 is 2.27 bits per heavy atom. The summed E-state index contributed by atoms with van der Waals surface area (Å²) in [6.07, 6.45) is 7.10. The Bertz CT molecular complexity index is 197. The molecule has 0 spiro atoms. The summed E-state index contributed by atoms with van der Waals surface area (Å²) in [5, 5.41) is 1.88. The molecule has 0 radical (unpaired) electrons. The summed E-state index contributed by atoms with van der Waals surface area (Å²) in [6.45, 7) is 7.46. The molecule has 2 atom stereocenters. The van der Waals surface area contributed by atoms with E-state index in [0.717, 1.165) is 11.8 Å². The maximum atomic E-state index is 2.61. The Balaban J connectivity index is 2.23. The minimum atomic E-state index is -0.917. The molecule has 0 N–H and O–H groups in total. The van der Waals surface area contributed by atoms with Crippen LogP contribution in [0.1, 0.15) is 19.3 Å². The Labute approximate surface area is 70.7 Å². The minimum Gasteiger partial charge on any atom is -0.0858 e. The fraction of sp³-hybridized carbons (Fsp3) is 0.800. The van der Waals surface area contributed by atoms with Gasteiger partial charge in [-0.15, -0.1) is 0 Å². The number of fused-ring (bicyclic) bond motifs is 2. The van der Waals surface area contributed by atoms with Gasteiger partial charge in [0.1, 0.15) is 0 Å². The number of rotatable bonds is 1. The predicted molar refractivity (Wildman–Crippen MR) is 52.3 cm³/mol. The molecule has 2 bridgehead atoms. The van der Waals surface area contributed by atoms with Gasteiger partial charge in [0.2, 0.25) is 0 Å². The van der Waals surface area contributed by atoms with E-state index in [1.54, 1.807) is 0 Å². The highest BCUT2D eigenvalue weighted by Gasteiger charge is 2.37. The number of hydrogen-bond acceptors (Lipinski definition) is 0. The second-order valence-corrected chi connectivity index (χ2v) is 10.2. The summed E-state index contributed by atoms with van der Waals surface area (Å²) < 4.78 is 0. The number of hydrogen-bond donors (Lipinski definition) is 0. The van der Waals surface area contributed by atoms with Crippen LogP contribution in [0.15, 0.2) is 11.3 Å². The zero-order valence-corrected chi connectivity index (χ0v) is 8.85. The standard InChI is InChI=1S/C10H18Si/c1-11(2,3)10-7-8-4-5-9(10)6-8/h7-9H,4-6H2,1-3H3. The van der Waals surface area contributed by atoms with Gasteiger partial charge in [0.05, 0.1) is 8.07 Å². The van der Waals surface area contributed by atoms with Crippen molar-refractivity contribution in [2.45, 2.75) is 38.9 Å². The fourth-order valence-electron chi connectivity index (χ4n) is 2.70. The third-order valence-corrected chi connectivity index (χ3v) is 5.50. The summed E-state index contributed by atoms with van der Waals surface area (Å²) in [6, 6.07) is 0. The number of allylic oxidation sites excluding steroid dienone is 2. The molecular weight excluding hydrogens is 148 g/mol. The van der Waals surface area contributed by atoms with Crippen LogP contribution in [0.2, 0.25) is 19.6 Å². The van der Waals surface area contributed by atoms with Crippen molar-refractivity contribution in [1.82, 2.24) is 0 Å². The van der Waals surface area contributed by atoms with Crippen molar-refractivity contribution in [3.8, 4) is 0 Å². The molecule has 2 rings (SSSR count). The van der Waals surface area contributed by atoms with E-state index < -0.39 is 8.07 Å². The van der Waals surface area contributed by atoms with Crippen LogP contribution in [0.4, 0.5) is 0 Å². The van der Waals surface area contributed by atoms with E-state index in [1.165, 1.54) is 19.3 Å². The average Bonchev–Trinajstić information content (AvgIpc) is 2.42. The molecular formula is C10H18Si. The van der Waals surface area contributed by atoms with Crippen LogP contribution in [0.25, 0.3) is 0 Å². The highest BCUT2D eigenvalue weighted by molar-refractivity contribution is 6.83. The third-order valence-electron chi connectivity index (χ3n) is 3.19. The summed E-state index contributed by atoms with van der Waals surface area (Å²) in [7, 11) is -0.917. The van der Waals surface area contributed by atoms with Gasteiger partial charge < -0.3 is 0 Å². The molecule has 1 heteroatoms. The average molecular weight is 166 g/mol. The molecule has 1 saturated carbocycles. The molecule has 0 nitrogen and oxygen atoms in total. The van der Waals surface area contributed by atoms with Gasteiger partial charge in [0.25, 0.3) is 0 Å². The molecule has 11 heavy (non-hydrogen) atoms. The van der Waals surface area contributed by atoms with Crippen molar-refractivity contribution in [3.05, 3.63) is 11.3 Å². The molecule has 2 unspecified atom stereocenters. The normalized spacial score (nSPS) is 36.1. The van der Waals surface area contributed by atoms with Gasteiger partial charge in [0, 0.05) is 0 Å². The van der Waals surface area contributed by atoms with Crippen LogP contribution >= 0.6 is 0 Å². The minimum absolute atomic E-state index is 0.917. The second-order valence-electron chi connectivity index (χ2n) is 5.14. The van der Waals surface area contributed by atoms with Gasteiger partial charge in [0.15, 0.2) is 0 Å². The Kier molecular flexibility index (Phi) is 1.54. The monoisotopic (exact) mass is 166 g/mol. The molecule has 2 aliphatic carbocycles. The lowest BCUT2D eigenvalue weighted by Crippen LogP contribution is -2.27. The molecule has 0 saturated heterocycles. The van der Waals surface area contributed by atoms with Crippen LogP contribution in [0.5, 0.6) is 0 Å². The quantitative estimate of drug-likeness (QED) is 0.525. The Hall–Kier alpha value is -0.0431. The van der Waals surface area contributed by atoms with E-state index >= 15 is 0 Å². The summed E-state index contributed by atoms with van der Waals surface area (Å²) in [5.41, 5.74) is 0. The van der Waals surface area contributed by atoms with Gasteiger partial charge in [-0.25, -0.2) is 0 Å². The zero-order chi connectivity index (χ0) is 8.06. The summed E-state index contributed by atoms with van der Waals surface area (Å²) in [4.78, 5) is 0. The van der Waals surface area contributed by atoms with Crippen molar-refractivity contribution in [3.63, 3.8) is 0 Å². The van der Waals surface area contributed by atoms with E-state index in [9.17, 15) is 0 Å². The lowest BCUT2D eigenvalue weighted by Gasteiger charge is -2.25. The van der Waals surface area contributed by atoms with Gasteiger partial charge in [-0.3, -0.25) is 0 Å². The van der Waals surface area contributed by atoms with E-state index in [-0.39, 0.29) is 0 Å². The molecule has 0 aromatic heterocycles. The summed E-state index contributed by atoms with van der Waals surface area (Å²) >= 11 is 0. The highest BCUT2D eigenvalue weighted by atomic mass is 28.3. The maximum Gasteiger partial charge on any atom is 0.0724 e. The SMILES string of the molecule is C[Si](C)(C)C1=CC2CCC1C2. The van der Waals surface area contributed by atoms with Crippen molar-refractivity contribution < 1.29 is 0 Å². The van der Waals surface area contributed by atoms with Crippen LogP contribution in [0, 0.1) is 11.8 Å². The first-order valence-corrected chi connectivity index (χ1v) is 8.29. The van der Waals surface area contributed by atoms with Gasteiger partial charge in [-0.05, 0) is 31.1 Å². The highest BCUT2D eigenvalue weighted by Crippen LogP contribution is 2.46. The second kappa shape index (κ2) is 2.22. The van der Waals surface area contributed by atoms with Crippen LogP contribution in [0.3, 0.4) is 0 Å². The smallest absolute Gasteiger partial charge is 0.0724 e. The molecule has 0 aromatic rings. The van der Waals surface area contributed by atoms with E-state index in [1.807, 2.05) is 5.20 Å². The first-order valence-electron chi connectivity index (χ1n) is 4.79. The Morgan fingerprint density at radius 1 is 1.27 bits per heavy atom. The van der Waals surface area contributed by atoms with Crippen molar-refractivity contribution in [2.75, 3.05) is 0 Å². The lowest BCUT2D eigenvalue weighted by molar-refractivity contribution is 0.679. The molecule has 1 fully saturated rings. The molecule has 0 aromatic carbocycles.